The molecule has 0 radical (unpaired) electrons. The minimum absolute atomic E-state index is 0.196. The zero-order valence-electron chi connectivity index (χ0n) is 33.7. The van der Waals surface area contributed by atoms with Gasteiger partial charge in [0.15, 0.2) is 0 Å². The standard InChI is InChI=1S/C50H57BrO2/c1-26(2)33-21-39(28(5)6)45(40(22-33)29(7)8)43-20-32-15-13-14-16-37(32)47(49(43)52)48-38-18-17-36(51)19-35(38)25-44(50(48)53)46-41(30(9)10)23-34(27(3)4)24-42(46)31(11)12/h13-31,52-53H,1-12H3. The minimum atomic E-state index is 0.196. The fourth-order valence-corrected chi connectivity index (χ4v) is 8.50. The molecule has 3 heteroatoms. The predicted molar refractivity (Wildman–Crippen MR) is 233 cm³/mol. The maximum Gasteiger partial charge on any atom is 0.132 e. The molecule has 6 rings (SSSR count). The van der Waals surface area contributed by atoms with E-state index in [0.717, 1.165) is 48.3 Å². The molecule has 0 aliphatic carbocycles. The lowest BCUT2D eigenvalue weighted by molar-refractivity contribution is 0.472. The molecule has 0 aliphatic rings. The number of benzene rings is 6. The number of halogens is 1. The predicted octanol–water partition coefficient (Wildman–Crippen LogP) is 15.9. The van der Waals surface area contributed by atoms with Crippen molar-refractivity contribution in [1.29, 1.82) is 0 Å². The summed E-state index contributed by atoms with van der Waals surface area (Å²) in [5.74, 6) is 2.10. The van der Waals surface area contributed by atoms with Crippen LogP contribution in [0.25, 0.3) is 54.9 Å². The second kappa shape index (κ2) is 15.0. The monoisotopic (exact) mass is 768 g/mol. The Kier molecular flexibility index (Phi) is 10.9. The smallest absolute Gasteiger partial charge is 0.132 e. The lowest BCUT2D eigenvalue weighted by atomic mass is 9.78. The molecule has 2 N–H and O–H groups in total. The Labute approximate surface area is 326 Å². The van der Waals surface area contributed by atoms with Crippen LogP contribution in [0.5, 0.6) is 11.5 Å². The third-order valence-electron chi connectivity index (χ3n) is 11.2. The van der Waals surface area contributed by atoms with Gasteiger partial charge in [-0.2, -0.15) is 0 Å². The molecule has 0 amide bonds. The highest BCUT2D eigenvalue weighted by atomic mass is 79.9. The molecule has 0 atom stereocenters. The molecule has 0 fully saturated rings. The molecule has 0 spiro atoms. The maximum atomic E-state index is 13.0. The van der Waals surface area contributed by atoms with Gasteiger partial charge in [0, 0.05) is 26.7 Å². The highest BCUT2D eigenvalue weighted by Gasteiger charge is 2.29. The van der Waals surface area contributed by atoms with E-state index in [1.54, 1.807) is 0 Å². The van der Waals surface area contributed by atoms with E-state index in [9.17, 15) is 10.2 Å². The molecule has 276 valence electrons. The van der Waals surface area contributed by atoms with E-state index in [1.165, 1.54) is 33.4 Å². The molecule has 6 aromatic rings. The van der Waals surface area contributed by atoms with Crippen LogP contribution in [0.4, 0.5) is 0 Å². The second-order valence-corrected chi connectivity index (χ2v) is 17.9. The lowest BCUT2D eigenvalue weighted by Gasteiger charge is -2.27. The normalized spacial score (nSPS) is 12.3. The Morgan fingerprint density at radius 1 is 0.396 bits per heavy atom. The number of fused-ring (bicyclic) bond motifs is 2. The van der Waals surface area contributed by atoms with Crippen molar-refractivity contribution in [3.8, 4) is 44.9 Å². The Balaban J connectivity index is 1.83. The fourth-order valence-electron chi connectivity index (χ4n) is 8.12. The number of hydrogen-bond donors (Lipinski definition) is 2. The fraction of sp³-hybridized carbons (Fsp3) is 0.360. The minimum Gasteiger partial charge on any atom is -0.507 e. The van der Waals surface area contributed by atoms with Crippen LogP contribution < -0.4 is 0 Å². The average Bonchev–Trinajstić information content (AvgIpc) is 3.10. The van der Waals surface area contributed by atoms with Crippen molar-refractivity contribution in [1.82, 2.24) is 0 Å². The van der Waals surface area contributed by atoms with E-state index >= 15 is 0 Å². The molecule has 0 saturated carbocycles. The molecular formula is C50H57BrO2. The van der Waals surface area contributed by atoms with Crippen LogP contribution in [0.15, 0.2) is 83.3 Å². The van der Waals surface area contributed by atoms with Crippen molar-refractivity contribution in [2.24, 2.45) is 0 Å². The van der Waals surface area contributed by atoms with Crippen molar-refractivity contribution in [2.45, 2.75) is 119 Å². The largest absolute Gasteiger partial charge is 0.507 e. The van der Waals surface area contributed by atoms with E-state index in [2.05, 4.69) is 166 Å². The van der Waals surface area contributed by atoms with Crippen molar-refractivity contribution < 1.29 is 10.2 Å². The van der Waals surface area contributed by atoms with Crippen molar-refractivity contribution in [2.75, 3.05) is 0 Å². The van der Waals surface area contributed by atoms with Crippen LogP contribution in [0, 0.1) is 0 Å². The Hall–Kier alpha value is -4.08. The number of hydrogen-bond acceptors (Lipinski definition) is 2. The third kappa shape index (κ3) is 7.03. The first-order valence-electron chi connectivity index (χ1n) is 19.6. The lowest BCUT2D eigenvalue weighted by Crippen LogP contribution is -2.05. The Morgan fingerprint density at radius 3 is 1.17 bits per heavy atom. The van der Waals surface area contributed by atoms with Crippen LogP contribution in [-0.4, -0.2) is 10.2 Å². The van der Waals surface area contributed by atoms with Crippen LogP contribution in [0.1, 0.15) is 152 Å². The molecule has 0 heterocycles. The van der Waals surface area contributed by atoms with Gasteiger partial charge in [0.1, 0.15) is 11.5 Å². The van der Waals surface area contributed by atoms with Crippen LogP contribution in [0.2, 0.25) is 0 Å². The van der Waals surface area contributed by atoms with Crippen LogP contribution >= 0.6 is 15.9 Å². The summed E-state index contributed by atoms with van der Waals surface area (Å²) in [6.07, 6.45) is 0. The van der Waals surface area contributed by atoms with E-state index in [-0.39, 0.29) is 35.2 Å². The summed E-state index contributed by atoms with van der Waals surface area (Å²) in [5, 5.41) is 29.7. The summed E-state index contributed by atoms with van der Waals surface area (Å²) in [6, 6.07) is 28.2. The molecule has 0 unspecified atom stereocenters. The molecule has 53 heavy (non-hydrogen) atoms. The van der Waals surface area contributed by atoms with E-state index in [1.807, 2.05) is 12.1 Å². The molecule has 6 aromatic carbocycles. The Bertz CT molecular complexity index is 2280. The van der Waals surface area contributed by atoms with Gasteiger partial charge >= 0.3 is 0 Å². The third-order valence-corrected chi connectivity index (χ3v) is 11.6. The molecule has 2 nitrogen and oxygen atoms in total. The SMILES string of the molecule is CC(C)c1cc(C(C)C)c(-c2cc3ccccc3c(-c3c(O)c(-c4c(C(C)C)cc(C(C)C)cc4C(C)C)cc4cc(Br)ccc34)c2O)c(C(C)C)c1. The van der Waals surface area contributed by atoms with Crippen molar-refractivity contribution >= 4 is 37.5 Å². The first-order chi connectivity index (χ1) is 25.0. The van der Waals surface area contributed by atoms with Gasteiger partial charge in [0.05, 0.1) is 0 Å². The topological polar surface area (TPSA) is 40.5 Å². The number of phenolic OH excluding ortho intramolecular Hbond substituents is 2. The zero-order chi connectivity index (χ0) is 38.6. The van der Waals surface area contributed by atoms with Gasteiger partial charge in [-0.05, 0) is 126 Å². The van der Waals surface area contributed by atoms with Crippen molar-refractivity contribution in [3.05, 3.63) is 117 Å². The summed E-state index contributed by atoms with van der Waals surface area (Å²) < 4.78 is 0.965. The van der Waals surface area contributed by atoms with E-state index in [0.29, 0.717) is 23.0 Å². The van der Waals surface area contributed by atoms with E-state index < -0.39 is 0 Å². The van der Waals surface area contributed by atoms with Gasteiger partial charge in [-0.1, -0.05) is 154 Å². The molecular weight excluding hydrogens is 712 g/mol. The van der Waals surface area contributed by atoms with E-state index in [4.69, 9.17) is 0 Å². The second-order valence-electron chi connectivity index (χ2n) is 17.0. The number of phenols is 2. The highest BCUT2D eigenvalue weighted by Crippen LogP contribution is 2.54. The molecule has 0 bridgehead atoms. The first kappa shape index (κ1) is 38.6. The highest BCUT2D eigenvalue weighted by molar-refractivity contribution is 9.10. The molecule has 0 saturated heterocycles. The maximum absolute atomic E-state index is 13.0. The van der Waals surface area contributed by atoms with Gasteiger partial charge in [0.25, 0.3) is 0 Å². The summed E-state index contributed by atoms with van der Waals surface area (Å²) in [6.45, 7) is 27.0. The van der Waals surface area contributed by atoms with Crippen LogP contribution in [-0.2, 0) is 0 Å². The van der Waals surface area contributed by atoms with Crippen molar-refractivity contribution in [3.63, 3.8) is 0 Å². The summed E-state index contributed by atoms with van der Waals surface area (Å²) in [5.41, 5.74) is 12.7. The van der Waals surface area contributed by atoms with Gasteiger partial charge in [-0.3, -0.25) is 0 Å². The average molecular weight is 770 g/mol. The quantitative estimate of drug-likeness (QED) is 0.154. The summed E-state index contributed by atoms with van der Waals surface area (Å²) in [7, 11) is 0. The molecule has 0 aliphatic heterocycles. The number of aromatic hydroxyl groups is 2. The number of rotatable bonds is 9. The van der Waals surface area contributed by atoms with Crippen LogP contribution in [0.3, 0.4) is 0 Å². The molecule has 0 aromatic heterocycles. The summed E-state index contributed by atoms with van der Waals surface area (Å²) >= 11 is 3.76. The zero-order valence-corrected chi connectivity index (χ0v) is 35.3. The summed E-state index contributed by atoms with van der Waals surface area (Å²) in [4.78, 5) is 0. The van der Waals surface area contributed by atoms with Gasteiger partial charge in [-0.15, -0.1) is 0 Å². The van der Waals surface area contributed by atoms with Gasteiger partial charge in [-0.25, -0.2) is 0 Å². The van der Waals surface area contributed by atoms with Gasteiger partial charge in [0.2, 0.25) is 0 Å². The first-order valence-corrected chi connectivity index (χ1v) is 20.4. The van der Waals surface area contributed by atoms with Gasteiger partial charge < -0.3 is 10.2 Å². The Morgan fingerprint density at radius 2 is 0.774 bits per heavy atom.